The number of rotatable bonds is 15. The minimum Gasteiger partial charge on any atom is -0.507 e. The number of carbonyl (C=O) groups is 8. The molecule has 0 radical (unpaired) electrons. The van der Waals surface area contributed by atoms with Gasteiger partial charge in [-0.2, -0.15) is 0 Å². The third-order valence-electron chi connectivity index (χ3n) is 7.88. The van der Waals surface area contributed by atoms with Crippen LogP contribution in [-0.2, 0) is 24.0 Å². The lowest BCUT2D eigenvalue weighted by molar-refractivity contribution is -0.136. The molecule has 8 amide bonds. The Morgan fingerprint density at radius 1 is 1.08 bits per heavy atom. The van der Waals surface area contributed by atoms with Crippen molar-refractivity contribution in [2.75, 3.05) is 33.3 Å². The normalized spacial score (nSPS) is 15.5. The molecule has 18 nitrogen and oxygen atoms in total. The first-order valence-electron chi connectivity index (χ1n) is 15.6. The molecular weight excluding hydrogens is 670 g/mol. The summed E-state index contributed by atoms with van der Waals surface area (Å²) in [5, 5.41) is 35.1. The number of hydrogen-bond acceptors (Lipinski definition) is 12. The Kier molecular flexibility index (Phi) is 11.8. The number of piperidine rings is 1. The van der Waals surface area contributed by atoms with Gasteiger partial charge in [0.15, 0.2) is 6.61 Å². The van der Waals surface area contributed by atoms with E-state index in [1.165, 1.54) is 42.3 Å². The summed E-state index contributed by atoms with van der Waals surface area (Å²) < 4.78 is 5.53. The molecule has 0 saturated carbocycles. The lowest BCUT2D eigenvalue weighted by atomic mass is 10.0. The molecule has 1 fully saturated rings. The molecule has 2 aliphatic heterocycles. The predicted octanol–water partition coefficient (Wildman–Crippen LogP) is -0.639. The maximum atomic E-state index is 13.1. The average molecular weight is 706 g/mol. The molecule has 2 aliphatic rings. The monoisotopic (exact) mass is 705 g/mol. The van der Waals surface area contributed by atoms with Crippen LogP contribution in [0.4, 0.5) is 0 Å². The molecule has 18 heteroatoms. The largest absolute Gasteiger partial charge is 0.507 e. The van der Waals surface area contributed by atoms with Gasteiger partial charge in [-0.1, -0.05) is 12.1 Å². The number of aliphatic hydroxyl groups is 1. The molecular formula is C33H35N7O11. The molecule has 0 bridgehead atoms. The molecule has 268 valence electrons. The molecule has 51 heavy (non-hydrogen) atoms. The van der Waals surface area contributed by atoms with Crippen LogP contribution in [-0.4, -0.2) is 112 Å². The number of imide groups is 2. The highest BCUT2D eigenvalue weighted by Crippen LogP contribution is 2.33. The number of nitrogens with zero attached hydrogens (tertiary/aromatic N) is 2. The number of carbonyl (C=O) groups excluding carboxylic acids is 8. The van der Waals surface area contributed by atoms with Gasteiger partial charge in [0.1, 0.15) is 29.0 Å². The summed E-state index contributed by atoms with van der Waals surface area (Å²) in [7, 11) is 1.46. The first-order valence-corrected chi connectivity index (χ1v) is 15.6. The van der Waals surface area contributed by atoms with E-state index in [1.54, 1.807) is 0 Å². The van der Waals surface area contributed by atoms with Gasteiger partial charge in [-0.15, -0.1) is 0 Å². The minimum absolute atomic E-state index is 0.00615. The van der Waals surface area contributed by atoms with Gasteiger partial charge in [-0.3, -0.25) is 54.0 Å². The van der Waals surface area contributed by atoms with E-state index in [1.807, 2.05) is 0 Å². The number of nitrogens with two attached hydrogens (primary N) is 1. The SMILES string of the molecule is CN(CCNC(=O)CCCNC(=O)COc1cccc2c1C(=O)N(C1CCC(=O)NC1=O)C2=O)C(=O)c1ccc(/C(O)=C/C(=N)C(N)=O)cc1O. The number of ether oxygens (including phenoxy) is 1. The van der Waals surface area contributed by atoms with E-state index < -0.39 is 71.2 Å². The highest BCUT2D eigenvalue weighted by molar-refractivity contribution is 6.42. The number of fused-ring (bicyclic) bond motifs is 1. The second-order valence-electron chi connectivity index (χ2n) is 11.5. The summed E-state index contributed by atoms with van der Waals surface area (Å²) in [4.78, 5) is 100. The van der Waals surface area contributed by atoms with Crippen molar-refractivity contribution in [3.63, 3.8) is 0 Å². The third-order valence-corrected chi connectivity index (χ3v) is 7.88. The molecule has 0 aromatic heterocycles. The van der Waals surface area contributed by atoms with Gasteiger partial charge in [0.05, 0.1) is 16.7 Å². The van der Waals surface area contributed by atoms with E-state index in [4.69, 9.17) is 15.9 Å². The molecule has 2 aromatic carbocycles. The van der Waals surface area contributed by atoms with Crippen LogP contribution in [0.15, 0.2) is 42.5 Å². The fraction of sp³-hybridized carbons (Fsp3) is 0.303. The summed E-state index contributed by atoms with van der Waals surface area (Å²) in [6.45, 7) is -0.212. The highest BCUT2D eigenvalue weighted by atomic mass is 16.5. The molecule has 0 spiro atoms. The van der Waals surface area contributed by atoms with Crippen LogP contribution >= 0.6 is 0 Å². The molecule has 1 saturated heterocycles. The summed E-state index contributed by atoms with van der Waals surface area (Å²) in [5.74, 6) is -6.25. The molecule has 0 aliphatic carbocycles. The molecule has 1 atom stereocenters. The number of hydrogen-bond donors (Lipinski definition) is 7. The number of phenols is 1. The predicted molar refractivity (Wildman–Crippen MR) is 176 cm³/mol. The zero-order chi connectivity index (χ0) is 37.4. The van der Waals surface area contributed by atoms with Crippen molar-refractivity contribution in [1.82, 2.24) is 25.8 Å². The Hall–Kier alpha value is -6.59. The number of benzene rings is 2. The zero-order valence-corrected chi connectivity index (χ0v) is 27.3. The quantitative estimate of drug-likeness (QED) is 0.0530. The van der Waals surface area contributed by atoms with Gasteiger partial charge in [0.2, 0.25) is 17.7 Å². The van der Waals surface area contributed by atoms with Crippen molar-refractivity contribution in [3.8, 4) is 11.5 Å². The first kappa shape index (κ1) is 37.2. The molecule has 2 heterocycles. The van der Waals surface area contributed by atoms with Crippen molar-refractivity contribution in [2.24, 2.45) is 5.73 Å². The topological polar surface area (TPSA) is 279 Å². The molecule has 8 N–H and O–H groups in total. The standard InChI is InChI=1S/C33H35N7O11/c1-39(31(48)18-8-7-17(14-23(18)42)22(41)15-20(34)29(35)46)13-12-37-25(43)6-3-11-36-27(45)16-51-24-5-2-4-19-28(24)33(50)40(32(19)49)21-9-10-26(44)38-30(21)47/h2,4-5,7-8,14-15,21,34,41-42H,3,6,9-13,16H2,1H3,(H2,35,46)(H,36,45)(H,37,43)(H,38,44,47)/b22-15-,34-20?. The lowest BCUT2D eigenvalue weighted by Crippen LogP contribution is -2.54. The average Bonchev–Trinajstić information content (AvgIpc) is 3.34. The Bertz CT molecular complexity index is 1860. The summed E-state index contributed by atoms with van der Waals surface area (Å²) in [5.41, 5.74) is 4.19. The summed E-state index contributed by atoms with van der Waals surface area (Å²) in [6, 6.07) is 6.78. The van der Waals surface area contributed by atoms with Crippen LogP contribution < -0.4 is 26.4 Å². The van der Waals surface area contributed by atoms with Crippen LogP contribution in [0.3, 0.4) is 0 Å². The van der Waals surface area contributed by atoms with Crippen LogP contribution in [0, 0.1) is 5.41 Å². The first-order chi connectivity index (χ1) is 24.2. The lowest BCUT2D eigenvalue weighted by Gasteiger charge is -2.27. The van der Waals surface area contributed by atoms with Crippen LogP contribution in [0.5, 0.6) is 11.5 Å². The van der Waals surface area contributed by atoms with Gasteiger partial charge < -0.3 is 36.2 Å². The van der Waals surface area contributed by atoms with Crippen LogP contribution in [0.2, 0.25) is 0 Å². The van der Waals surface area contributed by atoms with Crippen molar-refractivity contribution in [2.45, 2.75) is 31.7 Å². The fourth-order valence-corrected chi connectivity index (χ4v) is 5.20. The Morgan fingerprint density at radius 2 is 1.80 bits per heavy atom. The van der Waals surface area contributed by atoms with Gasteiger partial charge >= 0.3 is 0 Å². The Morgan fingerprint density at radius 3 is 2.49 bits per heavy atom. The molecule has 1 unspecified atom stereocenters. The second-order valence-corrected chi connectivity index (χ2v) is 11.5. The summed E-state index contributed by atoms with van der Waals surface area (Å²) in [6.07, 6.45) is 1.09. The number of amides is 8. The van der Waals surface area contributed by atoms with Crippen LogP contribution in [0.1, 0.15) is 62.3 Å². The third kappa shape index (κ3) is 8.91. The zero-order valence-electron chi connectivity index (χ0n) is 27.3. The van der Waals surface area contributed by atoms with E-state index in [2.05, 4.69) is 16.0 Å². The van der Waals surface area contributed by atoms with E-state index in [9.17, 15) is 48.6 Å². The number of likely N-dealkylation sites (N-methyl/N-ethyl adjacent to an activating group) is 1. The Labute approximate surface area is 290 Å². The van der Waals surface area contributed by atoms with Crippen LogP contribution in [0.25, 0.3) is 5.76 Å². The fourth-order valence-electron chi connectivity index (χ4n) is 5.20. The second kappa shape index (κ2) is 16.2. The van der Waals surface area contributed by atoms with Gasteiger partial charge in [0, 0.05) is 51.2 Å². The number of aliphatic hydroxyl groups excluding tert-OH is 1. The van der Waals surface area contributed by atoms with Gasteiger partial charge in [0.25, 0.3) is 29.5 Å². The van der Waals surface area contributed by atoms with E-state index in [0.29, 0.717) is 0 Å². The smallest absolute Gasteiger partial charge is 0.266 e. The highest BCUT2D eigenvalue weighted by Gasteiger charge is 2.46. The van der Waals surface area contributed by atoms with E-state index in [0.717, 1.165) is 17.0 Å². The maximum Gasteiger partial charge on any atom is 0.266 e. The van der Waals surface area contributed by atoms with Crippen molar-refractivity contribution >= 4 is 58.7 Å². The van der Waals surface area contributed by atoms with Gasteiger partial charge in [-0.05, 0) is 37.1 Å². The van der Waals surface area contributed by atoms with Crippen molar-refractivity contribution < 1.29 is 53.3 Å². The van der Waals surface area contributed by atoms with E-state index >= 15 is 0 Å². The Balaban J connectivity index is 1.16. The summed E-state index contributed by atoms with van der Waals surface area (Å²) >= 11 is 0. The molecule has 2 aromatic rings. The number of aromatic hydroxyl groups is 1. The van der Waals surface area contributed by atoms with Crippen molar-refractivity contribution in [1.29, 1.82) is 5.41 Å². The minimum atomic E-state index is -1.15. The maximum absolute atomic E-state index is 13.1. The van der Waals surface area contributed by atoms with Crippen molar-refractivity contribution in [3.05, 3.63) is 64.7 Å². The van der Waals surface area contributed by atoms with Gasteiger partial charge in [-0.25, -0.2) is 0 Å². The number of primary amides is 1. The molecule has 4 rings (SSSR count). The van der Waals surface area contributed by atoms with E-state index in [-0.39, 0.29) is 79.2 Å². The number of nitrogens with one attached hydrogen (secondary N) is 4. The number of phenolic OH excluding ortho intramolecular Hbond substituents is 1.